The molecule has 7 nitrogen and oxygen atoms in total. The van der Waals surface area contributed by atoms with Crippen molar-refractivity contribution in [2.75, 3.05) is 37.7 Å². The van der Waals surface area contributed by atoms with Crippen LogP contribution in [0, 0.1) is 12.7 Å². The molecule has 2 aromatic carbocycles. The van der Waals surface area contributed by atoms with E-state index in [0.717, 1.165) is 5.82 Å². The third-order valence-electron chi connectivity index (χ3n) is 4.91. The van der Waals surface area contributed by atoms with Gasteiger partial charge in [0, 0.05) is 32.2 Å². The fourth-order valence-corrected chi connectivity index (χ4v) is 3.33. The summed E-state index contributed by atoms with van der Waals surface area (Å²) >= 11 is 0. The number of carbonyl (C=O) groups is 1. The highest BCUT2D eigenvalue weighted by Gasteiger charge is 2.23. The zero-order chi connectivity index (χ0) is 21.6. The van der Waals surface area contributed by atoms with Gasteiger partial charge in [0.1, 0.15) is 17.4 Å². The van der Waals surface area contributed by atoms with Crippen LogP contribution in [0.2, 0.25) is 0 Å². The molecule has 0 bridgehead atoms. The van der Waals surface area contributed by atoms with Crippen LogP contribution in [-0.4, -0.2) is 53.6 Å². The molecule has 31 heavy (non-hydrogen) atoms. The van der Waals surface area contributed by atoms with Crippen LogP contribution in [0.15, 0.2) is 60.7 Å². The minimum Gasteiger partial charge on any atom is -0.481 e. The number of carbonyl (C=O) groups excluding carboxylic acids is 1. The van der Waals surface area contributed by atoms with Gasteiger partial charge in [0.2, 0.25) is 5.88 Å². The highest BCUT2D eigenvalue weighted by molar-refractivity contribution is 5.78. The number of nitrogens with zero attached hydrogens (tertiary/aromatic N) is 4. The normalized spacial score (nSPS) is 13.7. The van der Waals surface area contributed by atoms with Gasteiger partial charge in [0.05, 0.1) is 0 Å². The lowest BCUT2D eigenvalue weighted by Gasteiger charge is -2.35. The Balaban J connectivity index is 1.34. The molecule has 0 aliphatic carbocycles. The molecule has 0 radical (unpaired) electrons. The van der Waals surface area contributed by atoms with Crippen LogP contribution < -0.4 is 14.4 Å². The number of halogens is 1. The van der Waals surface area contributed by atoms with Gasteiger partial charge < -0.3 is 19.3 Å². The van der Waals surface area contributed by atoms with Crippen molar-refractivity contribution in [3.63, 3.8) is 0 Å². The molecule has 1 aliphatic rings. The predicted octanol–water partition coefficient (Wildman–Crippen LogP) is 3.44. The average Bonchev–Trinajstić information content (AvgIpc) is 2.79. The molecule has 0 saturated carbocycles. The van der Waals surface area contributed by atoms with E-state index in [0.29, 0.717) is 43.6 Å². The van der Waals surface area contributed by atoms with Gasteiger partial charge in [-0.2, -0.15) is 4.98 Å². The molecule has 1 aliphatic heterocycles. The number of piperazine rings is 1. The van der Waals surface area contributed by atoms with Crippen LogP contribution in [0.4, 0.5) is 10.2 Å². The number of amides is 1. The molecule has 1 amide bonds. The van der Waals surface area contributed by atoms with Crippen molar-refractivity contribution in [2.45, 2.75) is 6.92 Å². The van der Waals surface area contributed by atoms with Gasteiger partial charge >= 0.3 is 0 Å². The smallest absolute Gasteiger partial charge is 0.260 e. The zero-order valence-corrected chi connectivity index (χ0v) is 17.2. The molecule has 0 atom stereocenters. The van der Waals surface area contributed by atoms with Gasteiger partial charge in [0.25, 0.3) is 5.91 Å². The van der Waals surface area contributed by atoms with Gasteiger partial charge in [0.15, 0.2) is 18.2 Å². The van der Waals surface area contributed by atoms with Gasteiger partial charge in [-0.3, -0.25) is 4.79 Å². The fourth-order valence-electron chi connectivity index (χ4n) is 3.33. The van der Waals surface area contributed by atoms with Crippen molar-refractivity contribution >= 4 is 11.7 Å². The van der Waals surface area contributed by atoms with Crippen LogP contribution in [0.25, 0.3) is 0 Å². The monoisotopic (exact) mass is 422 g/mol. The van der Waals surface area contributed by atoms with Crippen molar-refractivity contribution in [1.82, 2.24) is 14.9 Å². The number of aryl methyl sites for hydroxylation is 1. The second kappa shape index (κ2) is 9.42. The van der Waals surface area contributed by atoms with E-state index in [1.807, 2.05) is 37.3 Å². The Bertz CT molecular complexity index is 1040. The third-order valence-corrected chi connectivity index (χ3v) is 4.91. The Hall–Kier alpha value is -3.68. The topological polar surface area (TPSA) is 67.8 Å². The summed E-state index contributed by atoms with van der Waals surface area (Å²) < 4.78 is 24.8. The quantitative estimate of drug-likeness (QED) is 0.606. The number of anilines is 1. The van der Waals surface area contributed by atoms with Gasteiger partial charge in [-0.1, -0.05) is 30.3 Å². The largest absolute Gasteiger partial charge is 0.481 e. The Morgan fingerprint density at radius 3 is 2.45 bits per heavy atom. The van der Waals surface area contributed by atoms with Crippen molar-refractivity contribution in [2.24, 2.45) is 0 Å². The lowest BCUT2D eigenvalue weighted by Crippen LogP contribution is -2.50. The summed E-state index contributed by atoms with van der Waals surface area (Å²) in [4.78, 5) is 25.1. The molecule has 1 fully saturated rings. The molecule has 3 aromatic rings. The second-order valence-corrected chi connectivity index (χ2v) is 7.11. The van der Waals surface area contributed by atoms with E-state index >= 15 is 0 Å². The number of aromatic nitrogens is 2. The predicted molar refractivity (Wildman–Crippen MR) is 114 cm³/mol. The van der Waals surface area contributed by atoms with Crippen molar-refractivity contribution in [3.05, 3.63) is 72.3 Å². The highest BCUT2D eigenvalue weighted by Crippen LogP contribution is 2.24. The van der Waals surface area contributed by atoms with Crippen molar-refractivity contribution in [1.29, 1.82) is 0 Å². The molecular formula is C23H23FN4O3. The molecule has 0 N–H and O–H groups in total. The van der Waals surface area contributed by atoms with Crippen molar-refractivity contribution in [3.8, 4) is 17.4 Å². The maximum atomic E-state index is 13.6. The van der Waals surface area contributed by atoms with E-state index in [-0.39, 0.29) is 18.3 Å². The van der Waals surface area contributed by atoms with Crippen LogP contribution in [0.1, 0.15) is 5.82 Å². The van der Waals surface area contributed by atoms with E-state index in [2.05, 4.69) is 14.9 Å². The van der Waals surface area contributed by atoms with E-state index < -0.39 is 5.82 Å². The highest BCUT2D eigenvalue weighted by atomic mass is 19.1. The molecule has 8 heteroatoms. The fraction of sp³-hybridized carbons (Fsp3) is 0.261. The molecule has 0 unspecified atom stereocenters. The number of benzene rings is 2. The maximum absolute atomic E-state index is 13.6. The summed E-state index contributed by atoms with van der Waals surface area (Å²) in [6, 6.07) is 17.3. The van der Waals surface area contributed by atoms with Gasteiger partial charge in [-0.05, 0) is 31.2 Å². The van der Waals surface area contributed by atoms with E-state index in [1.165, 1.54) is 12.1 Å². The number of rotatable bonds is 6. The standard InChI is InChI=1S/C23H23FN4O3/c1-17-25-21(15-22(26-17)31-18-7-3-2-4-8-18)27-11-13-28(14-12-27)23(29)16-30-20-10-6-5-9-19(20)24/h2-10,15H,11-14,16H2,1H3. The first-order valence-electron chi connectivity index (χ1n) is 10.1. The van der Waals surface area contributed by atoms with E-state index in [4.69, 9.17) is 9.47 Å². The lowest BCUT2D eigenvalue weighted by atomic mass is 10.3. The molecule has 1 aromatic heterocycles. The van der Waals surface area contributed by atoms with E-state index in [1.54, 1.807) is 23.1 Å². The van der Waals surface area contributed by atoms with E-state index in [9.17, 15) is 9.18 Å². The maximum Gasteiger partial charge on any atom is 0.260 e. The summed E-state index contributed by atoms with van der Waals surface area (Å²) in [6.07, 6.45) is 0. The van der Waals surface area contributed by atoms with Crippen LogP contribution >= 0.6 is 0 Å². The number of ether oxygens (including phenoxy) is 2. The molecule has 160 valence electrons. The molecule has 0 spiro atoms. The first-order valence-corrected chi connectivity index (χ1v) is 10.1. The Kier molecular flexibility index (Phi) is 6.26. The summed E-state index contributed by atoms with van der Waals surface area (Å²) in [5, 5.41) is 0. The zero-order valence-electron chi connectivity index (χ0n) is 17.2. The minimum absolute atomic E-state index is 0.0805. The molecule has 1 saturated heterocycles. The van der Waals surface area contributed by atoms with Gasteiger partial charge in [-0.15, -0.1) is 0 Å². The summed E-state index contributed by atoms with van der Waals surface area (Å²) in [5.74, 6) is 1.98. The lowest BCUT2D eigenvalue weighted by molar-refractivity contribution is -0.133. The SMILES string of the molecule is Cc1nc(Oc2ccccc2)cc(N2CCN(C(=O)COc3ccccc3F)CC2)n1. The first kappa shape index (κ1) is 20.6. The third kappa shape index (κ3) is 5.28. The number of hydrogen-bond acceptors (Lipinski definition) is 6. The summed E-state index contributed by atoms with van der Waals surface area (Å²) in [7, 11) is 0. The molecule has 4 rings (SSSR count). The minimum atomic E-state index is -0.479. The summed E-state index contributed by atoms with van der Waals surface area (Å²) in [6.45, 7) is 3.91. The summed E-state index contributed by atoms with van der Waals surface area (Å²) in [5.41, 5.74) is 0. The van der Waals surface area contributed by atoms with Gasteiger partial charge in [-0.25, -0.2) is 9.37 Å². The van der Waals surface area contributed by atoms with Crippen molar-refractivity contribution < 1.29 is 18.7 Å². The second-order valence-electron chi connectivity index (χ2n) is 7.11. The average molecular weight is 422 g/mol. The van der Waals surface area contributed by atoms with Crippen LogP contribution in [-0.2, 0) is 4.79 Å². The Labute approximate surface area is 180 Å². The molecular weight excluding hydrogens is 399 g/mol. The number of para-hydroxylation sites is 2. The van der Waals surface area contributed by atoms with Crippen LogP contribution in [0.5, 0.6) is 17.4 Å². The number of hydrogen-bond donors (Lipinski definition) is 0. The Morgan fingerprint density at radius 2 is 1.71 bits per heavy atom. The Morgan fingerprint density at radius 1 is 1.00 bits per heavy atom. The van der Waals surface area contributed by atoms with Crippen LogP contribution in [0.3, 0.4) is 0 Å². The molecule has 2 heterocycles. The first-order chi connectivity index (χ1) is 15.1.